The molecule has 2 amide bonds. The predicted molar refractivity (Wildman–Crippen MR) is 106 cm³/mol. The molecule has 146 valence electrons. The van der Waals surface area contributed by atoms with Crippen LogP contribution in [0.15, 0.2) is 11.1 Å². The average Bonchev–Trinajstić information content (AvgIpc) is 2.99. The number of hydrogen-bond acceptors (Lipinski definition) is 5. The number of carbonyl (C=O) groups excluding carboxylic acids is 2. The molecule has 7 nitrogen and oxygen atoms in total. The molecular weight excluding hydrogens is 364 g/mol. The Morgan fingerprint density at radius 1 is 1.37 bits per heavy atom. The third-order valence-corrected chi connectivity index (χ3v) is 6.25. The van der Waals surface area contributed by atoms with Crippen LogP contribution in [0.1, 0.15) is 54.8 Å². The zero-order valence-electron chi connectivity index (χ0n) is 16.1. The molecule has 0 bridgehead atoms. The van der Waals surface area contributed by atoms with Crippen molar-refractivity contribution in [2.24, 2.45) is 0 Å². The van der Waals surface area contributed by atoms with Gasteiger partial charge in [-0.25, -0.2) is 4.98 Å². The monoisotopic (exact) mass is 390 g/mol. The fraction of sp³-hybridized carbons (Fsp3) is 0.579. The number of carbonyl (C=O) groups is 2. The Morgan fingerprint density at radius 2 is 2.15 bits per heavy atom. The van der Waals surface area contributed by atoms with E-state index in [-0.39, 0.29) is 30.0 Å². The van der Waals surface area contributed by atoms with Gasteiger partial charge in [0.05, 0.1) is 16.6 Å². The first kappa shape index (κ1) is 19.5. The molecule has 2 aromatic rings. The summed E-state index contributed by atoms with van der Waals surface area (Å²) in [6.07, 6.45) is 5.39. The molecule has 2 aromatic heterocycles. The molecular formula is C19H26N4O3S. The van der Waals surface area contributed by atoms with Crippen molar-refractivity contribution >= 4 is 33.4 Å². The van der Waals surface area contributed by atoms with E-state index in [4.69, 9.17) is 0 Å². The van der Waals surface area contributed by atoms with Crippen molar-refractivity contribution in [1.29, 1.82) is 0 Å². The highest BCUT2D eigenvalue weighted by atomic mass is 32.1. The molecule has 27 heavy (non-hydrogen) atoms. The normalized spacial score (nSPS) is 17.3. The lowest BCUT2D eigenvalue weighted by Crippen LogP contribution is -2.41. The summed E-state index contributed by atoms with van der Waals surface area (Å²) in [7, 11) is 0. The summed E-state index contributed by atoms with van der Waals surface area (Å²) < 4.78 is 1.31. The second kappa shape index (κ2) is 8.21. The van der Waals surface area contributed by atoms with E-state index in [0.717, 1.165) is 32.2 Å². The van der Waals surface area contributed by atoms with Gasteiger partial charge in [-0.3, -0.25) is 19.0 Å². The highest BCUT2D eigenvalue weighted by molar-refractivity contribution is 7.20. The van der Waals surface area contributed by atoms with E-state index in [1.165, 1.54) is 22.2 Å². The van der Waals surface area contributed by atoms with Crippen molar-refractivity contribution in [2.75, 3.05) is 13.1 Å². The number of aryl methyl sites for hydroxylation is 1. The maximum atomic E-state index is 13.0. The third kappa shape index (κ3) is 3.90. The Labute approximate surface area is 162 Å². The van der Waals surface area contributed by atoms with Gasteiger partial charge in [0.2, 0.25) is 5.91 Å². The Hall–Kier alpha value is -2.22. The summed E-state index contributed by atoms with van der Waals surface area (Å²) in [5, 5.41) is 3.20. The van der Waals surface area contributed by atoms with E-state index in [0.29, 0.717) is 27.2 Å². The topological polar surface area (TPSA) is 84.3 Å². The number of nitrogens with one attached hydrogen (secondary N) is 1. The number of nitrogens with zero attached hydrogens (tertiary/aromatic N) is 3. The first-order valence-electron chi connectivity index (χ1n) is 9.50. The highest BCUT2D eigenvalue weighted by Crippen LogP contribution is 2.30. The molecule has 0 radical (unpaired) electrons. The van der Waals surface area contributed by atoms with E-state index >= 15 is 0 Å². The number of rotatable bonds is 5. The number of likely N-dealkylation sites (tertiary alicyclic amines) is 1. The van der Waals surface area contributed by atoms with Gasteiger partial charge >= 0.3 is 0 Å². The zero-order valence-corrected chi connectivity index (χ0v) is 16.9. The van der Waals surface area contributed by atoms with Crippen molar-refractivity contribution in [1.82, 2.24) is 19.8 Å². The van der Waals surface area contributed by atoms with Gasteiger partial charge < -0.3 is 10.2 Å². The van der Waals surface area contributed by atoms with Crippen LogP contribution in [0, 0.1) is 6.92 Å². The Kier molecular flexibility index (Phi) is 5.94. The number of fused-ring (bicyclic) bond motifs is 1. The van der Waals surface area contributed by atoms with Crippen LogP contribution in [0.25, 0.3) is 10.2 Å². The van der Waals surface area contributed by atoms with Gasteiger partial charge in [0.15, 0.2) is 0 Å². The van der Waals surface area contributed by atoms with Crippen LogP contribution in [-0.4, -0.2) is 45.4 Å². The Balaban J connectivity index is 1.93. The van der Waals surface area contributed by atoms with Crippen LogP contribution in [0.5, 0.6) is 0 Å². The van der Waals surface area contributed by atoms with Gasteiger partial charge in [-0.05, 0) is 45.1 Å². The summed E-state index contributed by atoms with van der Waals surface area (Å²) in [5.41, 5.74) is 0.393. The zero-order chi connectivity index (χ0) is 19.6. The lowest BCUT2D eigenvalue weighted by atomic mass is 10.0. The second-order valence-electron chi connectivity index (χ2n) is 7.11. The van der Waals surface area contributed by atoms with Crippen LogP contribution in [-0.2, 0) is 11.3 Å². The SMILES string of the molecule is CCCNC(=O)Cn1cnc2sc(C(=O)N3CCCC[C@@H]3C)c(C)c2c1=O. The minimum Gasteiger partial charge on any atom is -0.355 e. The summed E-state index contributed by atoms with van der Waals surface area (Å²) >= 11 is 1.27. The quantitative estimate of drug-likeness (QED) is 0.849. The van der Waals surface area contributed by atoms with Crippen molar-refractivity contribution in [2.45, 2.75) is 59.0 Å². The molecule has 1 aliphatic heterocycles. The van der Waals surface area contributed by atoms with E-state index < -0.39 is 0 Å². The maximum absolute atomic E-state index is 13.0. The number of piperidine rings is 1. The lowest BCUT2D eigenvalue weighted by Gasteiger charge is -2.33. The van der Waals surface area contributed by atoms with Gasteiger partial charge in [-0.2, -0.15) is 0 Å². The van der Waals surface area contributed by atoms with E-state index in [1.54, 1.807) is 6.92 Å². The fourth-order valence-corrected chi connectivity index (χ4v) is 4.58. The Bertz CT molecular complexity index is 918. The largest absolute Gasteiger partial charge is 0.355 e. The molecule has 0 unspecified atom stereocenters. The van der Waals surface area contributed by atoms with Gasteiger partial charge in [0, 0.05) is 19.1 Å². The molecule has 0 saturated carbocycles. The van der Waals surface area contributed by atoms with Crippen molar-refractivity contribution in [3.8, 4) is 0 Å². The Morgan fingerprint density at radius 3 is 2.85 bits per heavy atom. The van der Waals surface area contributed by atoms with Crippen molar-refractivity contribution in [3.05, 3.63) is 27.1 Å². The second-order valence-corrected chi connectivity index (χ2v) is 8.11. The molecule has 8 heteroatoms. The van der Waals surface area contributed by atoms with Crippen LogP contribution in [0.3, 0.4) is 0 Å². The molecule has 1 atom stereocenters. The number of aromatic nitrogens is 2. The van der Waals surface area contributed by atoms with Crippen LogP contribution in [0.4, 0.5) is 0 Å². The molecule has 0 spiro atoms. The lowest BCUT2D eigenvalue weighted by molar-refractivity contribution is -0.121. The molecule has 0 aromatic carbocycles. The molecule has 3 heterocycles. The summed E-state index contributed by atoms with van der Waals surface area (Å²) in [6, 6.07) is 0.211. The van der Waals surface area contributed by atoms with Crippen molar-refractivity contribution < 1.29 is 9.59 Å². The first-order valence-corrected chi connectivity index (χ1v) is 10.3. The van der Waals surface area contributed by atoms with Crippen LogP contribution < -0.4 is 10.9 Å². The van der Waals surface area contributed by atoms with E-state index in [9.17, 15) is 14.4 Å². The molecule has 3 rings (SSSR count). The van der Waals surface area contributed by atoms with Gasteiger partial charge in [-0.15, -0.1) is 11.3 Å². The van der Waals surface area contributed by atoms with Gasteiger partial charge in [0.25, 0.3) is 11.5 Å². The molecule has 1 fully saturated rings. The average molecular weight is 391 g/mol. The van der Waals surface area contributed by atoms with Crippen molar-refractivity contribution in [3.63, 3.8) is 0 Å². The fourth-order valence-electron chi connectivity index (χ4n) is 3.48. The van der Waals surface area contributed by atoms with Gasteiger partial charge in [0.1, 0.15) is 11.4 Å². The first-order chi connectivity index (χ1) is 12.9. The standard InChI is InChI=1S/C19H26N4O3S/c1-4-8-20-14(24)10-22-11-21-17-15(18(22)25)13(3)16(27-17)19(26)23-9-6-5-7-12(23)2/h11-12H,4-10H2,1-3H3,(H,20,24)/t12-/m0/s1. The van der Waals surface area contributed by atoms with Crippen LogP contribution in [0.2, 0.25) is 0 Å². The number of thiophene rings is 1. The highest BCUT2D eigenvalue weighted by Gasteiger charge is 2.28. The predicted octanol–water partition coefficient (Wildman–Crippen LogP) is 2.31. The maximum Gasteiger partial charge on any atom is 0.264 e. The summed E-state index contributed by atoms with van der Waals surface area (Å²) in [5.74, 6) is -0.235. The molecule has 1 saturated heterocycles. The van der Waals surface area contributed by atoms with E-state index in [1.807, 2.05) is 11.8 Å². The molecule has 1 aliphatic rings. The smallest absolute Gasteiger partial charge is 0.264 e. The third-order valence-electron chi connectivity index (χ3n) is 5.06. The number of amides is 2. The van der Waals surface area contributed by atoms with Gasteiger partial charge in [-0.1, -0.05) is 6.92 Å². The summed E-state index contributed by atoms with van der Waals surface area (Å²) in [4.78, 5) is 45.2. The number of hydrogen-bond donors (Lipinski definition) is 1. The summed E-state index contributed by atoms with van der Waals surface area (Å²) in [6.45, 7) is 7.10. The minimum absolute atomic E-state index is 0.0191. The minimum atomic E-state index is -0.272. The molecule has 1 N–H and O–H groups in total. The molecule has 0 aliphatic carbocycles. The van der Waals surface area contributed by atoms with E-state index in [2.05, 4.69) is 17.2 Å². The van der Waals surface area contributed by atoms with Crippen LogP contribution >= 0.6 is 11.3 Å².